The molecule has 0 radical (unpaired) electrons. The Balaban J connectivity index is 1.07. The van der Waals surface area contributed by atoms with Gasteiger partial charge in [-0.15, -0.1) is 11.3 Å². The average molecular weight is 654 g/mol. The monoisotopic (exact) mass is 653 g/mol. The number of hydrogen-bond donors (Lipinski definition) is 0. The molecule has 0 aliphatic rings. The van der Waals surface area contributed by atoms with Crippen LogP contribution in [-0.2, 0) is 0 Å². The van der Waals surface area contributed by atoms with E-state index in [0.717, 1.165) is 17.1 Å². The van der Waals surface area contributed by atoms with Gasteiger partial charge in [0.1, 0.15) is 0 Å². The van der Waals surface area contributed by atoms with Crippen LogP contribution >= 0.6 is 11.3 Å². The number of nitrogens with zero attached hydrogens (tertiary/aromatic N) is 1. The third kappa shape index (κ3) is 5.01. The highest BCUT2D eigenvalue weighted by atomic mass is 32.1. The second-order valence-corrected chi connectivity index (χ2v) is 14.1. The van der Waals surface area contributed by atoms with Gasteiger partial charge in [-0.05, 0) is 121 Å². The Morgan fingerprint density at radius 1 is 0.280 bits per heavy atom. The predicted molar refractivity (Wildman–Crippen MR) is 217 cm³/mol. The Morgan fingerprint density at radius 2 is 0.760 bits per heavy atom. The Labute approximate surface area is 294 Å². The lowest BCUT2D eigenvalue weighted by atomic mass is 9.96. The van der Waals surface area contributed by atoms with E-state index in [1.54, 1.807) is 0 Å². The Hall–Kier alpha value is -6.22. The van der Waals surface area contributed by atoms with Gasteiger partial charge in [-0.25, -0.2) is 0 Å². The van der Waals surface area contributed by atoms with Crippen molar-refractivity contribution in [3.8, 4) is 22.3 Å². The van der Waals surface area contributed by atoms with Crippen LogP contribution in [0.3, 0.4) is 0 Å². The van der Waals surface area contributed by atoms with E-state index in [9.17, 15) is 0 Å². The molecule has 0 aliphatic heterocycles. The van der Waals surface area contributed by atoms with E-state index in [1.165, 1.54) is 74.7 Å². The molecule has 0 saturated carbocycles. The largest absolute Gasteiger partial charge is 0.310 e. The van der Waals surface area contributed by atoms with Crippen molar-refractivity contribution in [3.63, 3.8) is 0 Å². The van der Waals surface area contributed by atoms with E-state index >= 15 is 0 Å². The fraction of sp³-hybridized carbons (Fsp3) is 0. The summed E-state index contributed by atoms with van der Waals surface area (Å²) in [5.74, 6) is 0. The Kier molecular flexibility index (Phi) is 6.75. The summed E-state index contributed by atoms with van der Waals surface area (Å²) in [6.07, 6.45) is 0. The summed E-state index contributed by atoms with van der Waals surface area (Å²) in [5.41, 5.74) is 8.28. The van der Waals surface area contributed by atoms with E-state index in [2.05, 4.69) is 193 Å². The van der Waals surface area contributed by atoms with Gasteiger partial charge in [0.2, 0.25) is 0 Å². The summed E-state index contributed by atoms with van der Waals surface area (Å²) in [7, 11) is 0. The van der Waals surface area contributed by atoms with Crippen LogP contribution in [0, 0.1) is 0 Å². The summed E-state index contributed by atoms with van der Waals surface area (Å²) in [5, 5.41) is 10.1. The van der Waals surface area contributed by atoms with Crippen LogP contribution in [0.2, 0.25) is 0 Å². The van der Waals surface area contributed by atoms with E-state index < -0.39 is 0 Å². The molecule has 0 unspecified atom stereocenters. The van der Waals surface area contributed by atoms with Crippen LogP contribution in [0.5, 0.6) is 0 Å². The molecule has 0 fully saturated rings. The van der Waals surface area contributed by atoms with Gasteiger partial charge >= 0.3 is 0 Å². The van der Waals surface area contributed by atoms with E-state index in [4.69, 9.17) is 0 Å². The molecule has 0 saturated heterocycles. The number of hydrogen-bond acceptors (Lipinski definition) is 2. The fourth-order valence-corrected chi connectivity index (χ4v) is 8.50. The first-order chi connectivity index (χ1) is 24.7. The summed E-state index contributed by atoms with van der Waals surface area (Å²) in [6, 6.07) is 68.9. The molecular formula is C48H31NS. The molecule has 0 N–H and O–H groups in total. The third-order valence-electron chi connectivity index (χ3n) is 9.97. The highest BCUT2D eigenvalue weighted by molar-refractivity contribution is 7.25. The molecule has 0 bridgehead atoms. The predicted octanol–water partition coefficient (Wildman–Crippen LogP) is 14.3. The van der Waals surface area contributed by atoms with Crippen LogP contribution in [0.4, 0.5) is 17.1 Å². The summed E-state index contributed by atoms with van der Waals surface area (Å²) >= 11 is 1.86. The second-order valence-electron chi connectivity index (χ2n) is 13.0. The molecule has 50 heavy (non-hydrogen) atoms. The molecule has 0 aliphatic carbocycles. The van der Waals surface area contributed by atoms with Gasteiger partial charge in [0.05, 0.1) is 0 Å². The molecule has 234 valence electrons. The topological polar surface area (TPSA) is 3.24 Å². The zero-order valence-electron chi connectivity index (χ0n) is 27.3. The van der Waals surface area contributed by atoms with Crippen LogP contribution in [0.25, 0.3) is 74.7 Å². The molecule has 10 aromatic rings. The Bertz CT molecular complexity index is 2900. The van der Waals surface area contributed by atoms with Crippen LogP contribution in [-0.4, -0.2) is 0 Å². The van der Waals surface area contributed by atoms with Gasteiger partial charge in [-0.1, -0.05) is 121 Å². The third-order valence-corrected chi connectivity index (χ3v) is 11.1. The highest BCUT2D eigenvalue weighted by Crippen LogP contribution is 2.42. The van der Waals surface area contributed by atoms with E-state index in [0.29, 0.717) is 0 Å². The van der Waals surface area contributed by atoms with Crippen molar-refractivity contribution in [2.75, 3.05) is 4.90 Å². The zero-order valence-corrected chi connectivity index (χ0v) is 28.1. The normalized spacial score (nSPS) is 11.6. The van der Waals surface area contributed by atoms with Crippen molar-refractivity contribution < 1.29 is 0 Å². The summed E-state index contributed by atoms with van der Waals surface area (Å²) in [4.78, 5) is 2.40. The van der Waals surface area contributed by atoms with Crippen LogP contribution in [0.1, 0.15) is 0 Å². The molecule has 1 aromatic heterocycles. The number of thiophene rings is 1. The minimum Gasteiger partial charge on any atom is -0.310 e. The number of benzene rings is 9. The number of rotatable bonds is 5. The Morgan fingerprint density at radius 3 is 1.48 bits per heavy atom. The molecule has 0 atom stereocenters. The molecular weight excluding hydrogens is 623 g/mol. The maximum Gasteiger partial charge on any atom is 0.0468 e. The van der Waals surface area contributed by atoms with Gasteiger partial charge < -0.3 is 4.90 Å². The quantitative estimate of drug-likeness (QED) is 0.179. The first kappa shape index (κ1) is 28.8. The van der Waals surface area contributed by atoms with Gasteiger partial charge in [-0.2, -0.15) is 0 Å². The minimum atomic E-state index is 1.13. The maximum absolute atomic E-state index is 2.40. The molecule has 1 heterocycles. The summed E-state index contributed by atoms with van der Waals surface area (Å²) < 4.78 is 2.63. The lowest BCUT2D eigenvalue weighted by Crippen LogP contribution is -2.10. The highest BCUT2D eigenvalue weighted by Gasteiger charge is 2.16. The minimum absolute atomic E-state index is 1.13. The molecule has 10 rings (SSSR count). The smallest absolute Gasteiger partial charge is 0.0468 e. The molecule has 0 spiro atoms. The van der Waals surface area contributed by atoms with Crippen LogP contribution in [0.15, 0.2) is 188 Å². The molecule has 9 aromatic carbocycles. The molecule has 0 amide bonds. The number of fused-ring (bicyclic) bond motifs is 6. The SMILES string of the molecule is c1cc(-c2ccc3cc(-c4ccc5ccccc5c4)ccc3c2)cc(N(c2ccc3ccccc3c2)c2ccc3sc4ccccc4c3c2)c1. The molecule has 1 nitrogen and oxygen atoms in total. The van der Waals surface area contributed by atoms with Crippen molar-refractivity contribution in [3.05, 3.63) is 188 Å². The van der Waals surface area contributed by atoms with Gasteiger partial charge in [0, 0.05) is 37.2 Å². The van der Waals surface area contributed by atoms with Crippen molar-refractivity contribution in [1.29, 1.82) is 0 Å². The maximum atomic E-state index is 2.40. The first-order valence-electron chi connectivity index (χ1n) is 17.1. The van der Waals surface area contributed by atoms with Crippen LogP contribution < -0.4 is 4.90 Å². The van der Waals surface area contributed by atoms with Crippen molar-refractivity contribution in [2.45, 2.75) is 0 Å². The zero-order chi connectivity index (χ0) is 33.0. The standard InChI is InChI=1S/C48H31NS/c1-3-10-34-26-38(17-16-32(34)8-1)40-21-20-39-27-37(18-19-41(39)28-40)36-12-7-13-42(30-36)49(43-23-22-33-9-2-4-11-35(33)29-43)44-24-25-48-46(31-44)45-14-5-6-15-47(45)50-48/h1-31H. The fourth-order valence-electron chi connectivity index (χ4n) is 7.41. The van der Waals surface area contributed by atoms with Crippen molar-refractivity contribution >= 4 is 80.9 Å². The van der Waals surface area contributed by atoms with Gasteiger partial charge in [-0.3, -0.25) is 0 Å². The molecule has 2 heteroatoms. The van der Waals surface area contributed by atoms with Gasteiger partial charge in [0.15, 0.2) is 0 Å². The van der Waals surface area contributed by atoms with E-state index in [1.807, 2.05) is 11.3 Å². The van der Waals surface area contributed by atoms with E-state index in [-0.39, 0.29) is 0 Å². The lowest BCUT2D eigenvalue weighted by molar-refractivity contribution is 1.30. The van der Waals surface area contributed by atoms with Gasteiger partial charge in [0.25, 0.3) is 0 Å². The van der Waals surface area contributed by atoms with Crippen molar-refractivity contribution in [2.24, 2.45) is 0 Å². The number of anilines is 3. The average Bonchev–Trinajstić information content (AvgIpc) is 3.55. The summed E-state index contributed by atoms with van der Waals surface area (Å²) in [6.45, 7) is 0. The second kappa shape index (κ2) is 11.7. The van der Waals surface area contributed by atoms with Crippen molar-refractivity contribution in [1.82, 2.24) is 0 Å². The first-order valence-corrected chi connectivity index (χ1v) is 17.9. The lowest BCUT2D eigenvalue weighted by Gasteiger charge is -2.26.